The number of nitrogens with zero attached hydrogens (tertiary/aromatic N) is 1. The third-order valence-electron chi connectivity index (χ3n) is 3.35. The normalized spacial score (nSPS) is 10.4. The number of aromatic nitrogens is 1. The molecular weight excluding hydrogens is 276 g/mol. The Morgan fingerprint density at radius 2 is 1.95 bits per heavy atom. The van der Waals surface area contributed by atoms with Crippen LogP contribution in [0.5, 0.6) is 0 Å². The second-order valence-electron chi connectivity index (χ2n) is 5.07. The molecule has 3 rings (SSSR count). The van der Waals surface area contributed by atoms with Crippen LogP contribution in [0.3, 0.4) is 0 Å². The number of amides is 1. The topological polar surface area (TPSA) is 51.2 Å². The average molecular weight is 292 g/mol. The third-order valence-corrected chi connectivity index (χ3v) is 3.35. The molecule has 0 unspecified atom stereocenters. The Bertz CT molecular complexity index is 801. The molecule has 2 aromatic carbocycles. The summed E-state index contributed by atoms with van der Waals surface area (Å²) in [5.41, 5.74) is 2.06. The first-order valence-electron chi connectivity index (χ1n) is 7.05. The van der Waals surface area contributed by atoms with Gasteiger partial charge in [0, 0.05) is 11.6 Å². The second kappa shape index (κ2) is 6.26. The Morgan fingerprint density at radius 3 is 2.77 bits per heavy atom. The van der Waals surface area contributed by atoms with Crippen molar-refractivity contribution in [2.24, 2.45) is 0 Å². The Balaban J connectivity index is 1.73. The number of ether oxygens (including phenoxy) is 1. The molecule has 0 aliphatic rings. The molecule has 0 atom stereocenters. The van der Waals surface area contributed by atoms with E-state index in [9.17, 15) is 4.79 Å². The summed E-state index contributed by atoms with van der Waals surface area (Å²) >= 11 is 0. The summed E-state index contributed by atoms with van der Waals surface area (Å²) in [4.78, 5) is 16.2. The summed E-state index contributed by atoms with van der Waals surface area (Å²) in [6.45, 7) is 2.24. The first-order chi connectivity index (χ1) is 10.7. The molecule has 3 aromatic rings. The highest BCUT2D eigenvalue weighted by Crippen LogP contribution is 2.22. The highest BCUT2D eigenvalue weighted by Gasteiger charge is 2.08. The van der Waals surface area contributed by atoms with E-state index in [1.165, 1.54) is 0 Å². The van der Waals surface area contributed by atoms with Crippen molar-refractivity contribution in [3.63, 3.8) is 0 Å². The predicted octanol–water partition coefficient (Wildman–Crippen LogP) is 4.29. The maximum absolute atomic E-state index is 11.9. The van der Waals surface area contributed by atoms with Crippen LogP contribution in [0.2, 0.25) is 0 Å². The molecule has 4 heteroatoms. The van der Waals surface area contributed by atoms with E-state index < -0.39 is 6.09 Å². The van der Waals surface area contributed by atoms with Crippen LogP contribution in [0, 0.1) is 6.92 Å². The lowest BCUT2D eigenvalue weighted by atomic mass is 10.1. The van der Waals surface area contributed by atoms with E-state index in [0.29, 0.717) is 5.82 Å². The highest BCUT2D eigenvalue weighted by molar-refractivity contribution is 5.98. The van der Waals surface area contributed by atoms with Gasteiger partial charge in [-0.05, 0) is 30.0 Å². The molecule has 22 heavy (non-hydrogen) atoms. The summed E-state index contributed by atoms with van der Waals surface area (Å²) in [6, 6.07) is 17.5. The maximum atomic E-state index is 11.9. The summed E-state index contributed by atoms with van der Waals surface area (Å²) < 4.78 is 5.22. The van der Waals surface area contributed by atoms with E-state index in [4.69, 9.17) is 4.74 Å². The van der Waals surface area contributed by atoms with Crippen LogP contribution in [0.1, 0.15) is 11.1 Å². The zero-order valence-electron chi connectivity index (χ0n) is 12.2. The Morgan fingerprint density at radius 1 is 1.14 bits per heavy atom. The number of nitrogens with one attached hydrogen (secondary N) is 1. The maximum Gasteiger partial charge on any atom is 0.413 e. The van der Waals surface area contributed by atoms with Gasteiger partial charge in [-0.3, -0.25) is 5.32 Å². The first kappa shape index (κ1) is 14.1. The molecule has 110 valence electrons. The summed E-state index contributed by atoms with van der Waals surface area (Å²) in [5, 5.41) is 4.64. The van der Waals surface area contributed by atoms with Crippen molar-refractivity contribution in [1.29, 1.82) is 0 Å². The van der Waals surface area contributed by atoms with Crippen LogP contribution in [0.15, 0.2) is 60.8 Å². The number of aryl methyl sites for hydroxylation is 1. The number of carbonyl (C=O) groups is 1. The molecule has 1 heterocycles. The fraction of sp³-hybridized carbons (Fsp3) is 0.111. The van der Waals surface area contributed by atoms with Gasteiger partial charge in [0.25, 0.3) is 0 Å². The minimum atomic E-state index is -0.509. The number of carbonyl (C=O) groups excluding carboxylic acids is 1. The molecule has 0 spiro atoms. The quantitative estimate of drug-likeness (QED) is 0.783. The van der Waals surface area contributed by atoms with Crippen LogP contribution in [-0.4, -0.2) is 11.1 Å². The fourth-order valence-electron chi connectivity index (χ4n) is 2.24. The molecule has 0 aliphatic heterocycles. The number of hydrogen-bond acceptors (Lipinski definition) is 3. The predicted molar refractivity (Wildman–Crippen MR) is 86.7 cm³/mol. The SMILES string of the molecule is Cc1ccc2ccnc(NC(=O)OCc3ccccc3)c2c1. The standard InChI is InChI=1S/C18H16N2O2/c1-13-7-8-15-9-10-19-17(16(15)11-13)20-18(21)22-12-14-5-3-2-4-6-14/h2-11H,12H2,1H3,(H,19,20,21). The zero-order valence-corrected chi connectivity index (χ0v) is 12.2. The van der Waals surface area contributed by atoms with E-state index in [1.54, 1.807) is 6.20 Å². The first-order valence-corrected chi connectivity index (χ1v) is 7.05. The number of rotatable bonds is 3. The Hall–Kier alpha value is -2.88. The largest absolute Gasteiger partial charge is 0.444 e. The van der Waals surface area contributed by atoms with Gasteiger partial charge in [-0.15, -0.1) is 0 Å². The smallest absolute Gasteiger partial charge is 0.413 e. The molecule has 1 aromatic heterocycles. The molecule has 0 aliphatic carbocycles. The summed E-state index contributed by atoms with van der Waals surface area (Å²) in [5.74, 6) is 0.513. The molecule has 4 nitrogen and oxygen atoms in total. The third kappa shape index (κ3) is 3.23. The van der Waals surface area contributed by atoms with Crippen LogP contribution in [-0.2, 0) is 11.3 Å². The van der Waals surface area contributed by atoms with E-state index in [0.717, 1.165) is 21.9 Å². The molecule has 0 saturated carbocycles. The van der Waals surface area contributed by atoms with Gasteiger partial charge in [-0.25, -0.2) is 9.78 Å². The molecular formula is C18H16N2O2. The summed E-state index contributed by atoms with van der Waals surface area (Å²) in [6.07, 6.45) is 1.16. The zero-order chi connectivity index (χ0) is 15.4. The number of benzene rings is 2. The lowest BCUT2D eigenvalue weighted by Crippen LogP contribution is -2.14. The monoisotopic (exact) mass is 292 g/mol. The van der Waals surface area contributed by atoms with Crippen LogP contribution in [0.4, 0.5) is 10.6 Å². The fourth-order valence-corrected chi connectivity index (χ4v) is 2.24. The average Bonchev–Trinajstić information content (AvgIpc) is 2.54. The van der Waals surface area contributed by atoms with Gasteiger partial charge in [0.05, 0.1) is 0 Å². The Labute approximate surface area is 128 Å². The van der Waals surface area contributed by atoms with Crippen molar-refractivity contribution in [3.05, 3.63) is 71.9 Å². The number of pyridine rings is 1. The van der Waals surface area contributed by atoms with Gasteiger partial charge in [-0.2, -0.15) is 0 Å². The van der Waals surface area contributed by atoms with Crippen molar-refractivity contribution < 1.29 is 9.53 Å². The lowest BCUT2D eigenvalue weighted by molar-refractivity contribution is 0.155. The van der Waals surface area contributed by atoms with Gasteiger partial charge in [0.2, 0.25) is 0 Å². The minimum absolute atomic E-state index is 0.233. The summed E-state index contributed by atoms with van der Waals surface area (Å²) in [7, 11) is 0. The Kier molecular flexibility index (Phi) is 4.01. The minimum Gasteiger partial charge on any atom is -0.444 e. The van der Waals surface area contributed by atoms with Crippen molar-refractivity contribution in [3.8, 4) is 0 Å². The lowest BCUT2D eigenvalue weighted by Gasteiger charge is -2.09. The molecule has 1 N–H and O–H groups in total. The van der Waals surface area contributed by atoms with E-state index in [2.05, 4.69) is 10.3 Å². The molecule has 0 radical (unpaired) electrons. The van der Waals surface area contributed by atoms with E-state index in [1.807, 2.05) is 61.5 Å². The van der Waals surface area contributed by atoms with Gasteiger partial charge in [-0.1, -0.05) is 48.0 Å². The molecule has 0 bridgehead atoms. The van der Waals surface area contributed by atoms with Crippen molar-refractivity contribution in [2.75, 3.05) is 5.32 Å². The van der Waals surface area contributed by atoms with Crippen molar-refractivity contribution >= 4 is 22.7 Å². The van der Waals surface area contributed by atoms with Gasteiger partial charge >= 0.3 is 6.09 Å². The van der Waals surface area contributed by atoms with Crippen molar-refractivity contribution in [2.45, 2.75) is 13.5 Å². The van der Waals surface area contributed by atoms with Crippen LogP contribution < -0.4 is 5.32 Å². The number of hydrogen-bond donors (Lipinski definition) is 1. The second-order valence-corrected chi connectivity index (χ2v) is 5.07. The van der Waals surface area contributed by atoms with Gasteiger partial charge in [0.1, 0.15) is 12.4 Å². The van der Waals surface area contributed by atoms with Crippen molar-refractivity contribution in [1.82, 2.24) is 4.98 Å². The van der Waals surface area contributed by atoms with Gasteiger partial charge < -0.3 is 4.74 Å². The number of anilines is 1. The van der Waals surface area contributed by atoms with Crippen LogP contribution in [0.25, 0.3) is 10.8 Å². The molecule has 0 fully saturated rings. The van der Waals surface area contributed by atoms with E-state index >= 15 is 0 Å². The molecule has 0 saturated heterocycles. The number of fused-ring (bicyclic) bond motifs is 1. The van der Waals surface area contributed by atoms with Gasteiger partial charge in [0.15, 0.2) is 0 Å². The van der Waals surface area contributed by atoms with E-state index in [-0.39, 0.29) is 6.61 Å². The van der Waals surface area contributed by atoms with Crippen LogP contribution >= 0.6 is 0 Å². The molecule has 1 amide bonds. The highest BCUT2D eigenvalue weighted by atomic mass is 16.5.